The van der Waals surface area contributed by atoms with E-state index in [1.165, 1.54) is 0 Å². The quantitative estimate of drug-likeness (QED) is 0.716. The van der Waals surface area contributed by atoms with Gasteiger partial charge in [-0.3, -0.25) is 13.6 Å². The number of hydrogen-bond acceptors (Lipinski definition) is 4. The zero-order valence-corrected chi connectivity index (χ0v) is 10.3. The van der Waals surface area contributed by atoms with Crippen LogP contribution >= 0.6 is 7.82 Å². The number of hydrogen-bond donors (Lipinski definition) is 0. The summed E-state index contributed by atoms with van der Waals surface area (Å²) in [5.41, 5.74) is -1.96. The minimum atomic E-state index is -4.57. The Labute approximate surface area is 91.7 Å². The fourth-order valence-corrected chi connectivity index (χ4v) is 3.01. The summed E-state index contributed by atoms with van der Waals surface area (Å²) >= 11 is 0. The van der Waals surface area contributed by atoms with Gasteiger partial charge in [0.05, 0.1) is 0 Å². The van der Waals surface area contributed by atoms with Gasteiger partial charge >= 0.3 is 14.0 Å². The van der Waals surface area contributed by atoms with Crippen molar-refractivity contribution in [2.45, 2.75) is 45.1 Å². The number of halogens is 3. The molecule has 16 heavy (non-hydrogen) atoms. The normalized spacial score (nSPS) is 26.9. The Morgan fingerprint density at radius 2 is 1.50 bits per heavy atom. The fourth-order valence-electron chi connectivity index (χ4n) is 1.00. The van der Waals surface area contributed by atoms with Gasteiger partial charge in [0.15, 0.2) is 6.61 Å². The van der Waals surface area contributed by atoms with Crippen molar-refractivity contribution in [1.82, 2.24) is 0 Å². The molecule has 0 saturated carbocycles. The van der Waals surface area contributed by atoms with Crippen molar-refractivity contribution in [3.8, 4) is 0 Å². The third kappa shape index (κ3) is 2.97. The Morgan fingerprint density at radius 1 is 1.12 bits per heavy atom. The van der Waals surface area contributed by atoms with Crippen molar-refractivity contribution < 1.29 is 31.3 Å². The predicted molar refractivity (Wildman–Crippen MR) is 49.9 cm³/mol. The molecule has 0 N–H and O–H groups in total. The first-order valence-electron chi connectivity index (χ1n) is 4.60. The lowest BCUT2D eigenvalue weighted by Gasteiger charge is -2.28. The first-order chi connectivity index (χ1) is 6.87. The maximum Gasteiger partial charge on any atom is 0.476 e. The van der Waals surface area contributed by atoms with E-state index < -0.39 is 31.8 Å². The molecule has 1 aliphatic heterocycles. The highest BCUT2D eigenvalue weighted by Crippen LogP contribution is 2.64. The van der Waals surface area contributed by atoms with E-state index in [2.05, 4.69) is 4.52 Å². The van der Waals surface area contributed by atoms with Crippen molar-refractivity contribution in [2.75, 3.05) is 6.61 Å². The molecule has 1 rings (SSSR count). The Kier molecular flexibility index (Phi) is 3.23. The molecule has 0 spiro atoms. The highest BCUT2D eigenvalue weighted by molar-refractivity contribution is 7.48. The molecular formula is C8H14F3O4P. The minimum absolute atomic E-state index is 0.978. The molecule has 0 aromatic rings. The second-order valence-corrected chi connectivity index (χ2v) is 6.06. The molecule has 4 nitrogen and oxygen atoms in total. The molecule has 1 heterocycles. The van der Waals surface area contributed by atoms with Gasteiger partial charge in [0, 0.05) is 0 Å². The molecule has 1 aliphatic rings. The Hall–Kier alpha value is -0.100. The number of rotatable bonds is 2. The van der Waals surface area contributed by atoms with E-state index in [1.54, 1.807) is 27.7 Å². The van der Waals surface area contributed by atoms with Crippen LogP contribution in [-0.2, 0) is 18.1 Å². The number of phosphoric ester groups is 1. The zero-order valence-electron chi connectivity index (χ0n) is 9.42. The lowest BCUT2D eigenvalue weighted by molar-refractivity contribution is -0.157. The Bertz CT molecular complexity index is 304. The standard InChI is InChI=1S/C8H14F3O4P/c1-6(2)7(3,4)15-16(12,14-6)13-5-8(9,10)11/h5H2,1-4H3. The van der Waals surface area contributed by atoms with Gasteiger partial charge in [-0.25, -0.2) is 4.57 Å². The van der Waals surface area contributed by atoms with Crippen LogP contribution in [0.2, 0.25) is 0 Å². The van der Waals surface area contributed by atoms with E-state index >= 15 is 0 Å². The lowest BCUT2D eigenvalue weighted by atomic mass is 9.90. The predicted octanol–water partition coefficient (Wildman–Crippen LogP) is 3.28. The van der Waals surface area contributed by atoms with E-state index in [4.69, 9.17) is 9.05 Å². The maximum absolute atomic E-state index is 11.9. The van der Waals surface area contributed by atoms with Crippen LogP contribution in [-0.4, -0.2) is 24.0 Å². The van der Waals surface area contributed by atoms with Crippen LogP contribution in [0.5, 0.6) is 0 Å². The van der Waals surface area contributed by atoms with Crippen molar-refractivity contribution in [3.05, 3.63) is 0 Å². The molecule has 8 heteroatoms. The summed E-state index contributed by atoms with van der Waals surface area (Å²) in [5.74, 6) is 0. The van der Waals surface area contributed by atoms with E-state index in [9.17, 15) is 17.7 Å². The average molecular weight is 262 g/mol. The summed E-state index contributed by atoms with van der Waals surface area (Å²) in [6, 6.07) is 0. The van der Waals surface area contributed by atoms with Crippen LogP contribution in [0.3, 0.4) is 0 Å². The second kappa shape index (κ2) is 3.70. The summed E-state index contributed by atoms with van der Waals surface area (Å²) in [4.78, 5) is 0. The molecule has 1 fully saturated rings. The average Bonchev–Trinajstić information content (AvgIpc) is 2.12. The summed E-state index contributed by atoms with van der Waals surface area (Å²) in [7, 11) is -4.13. The highest BCUT2D eigenvalue weighted by Gasteiger charge is 2.57. The van der Waals surface area contributed by atoms with Crippen LogP contribution in [0.15, 0.2) is 0 Å². The van der Waals surface area contributed by atoms with E-state index in [0.717, 1.165) is 0 Å². The Morgan fingerprint density at radius 3 is 1.81 bits per heavy atom. The van der Waals surface area contributed by atoms with Gasteiger partial charge in [-0.1, -0.05) is 0 Å². The first-order valence-corrected chi connectivity index (χ1v) is 6.06. The van der Waals surface area contributed by atoms with E-state index in [1.807, 2.05) is 0 Å². The van der Waals surface area contributed by atoms with Gasteiger partial charge < -0.3 is 0 Å². The number of alkyl halides is 3. The zero-order chi connectivity index (χ0) is 12.8. The Balaban J connectivity index is 2.74. The smallest absolute Gasteiger partial charge is 0.278 e. The molecule has 1 saturated heterocycles. The molecule has 0 unspecified atom stereocenters. The summed E-state index contributed by atoms with van der Waals surface area (Å²) in [6.07, 6.45) is -4.57. The highest BCUT2D eigenvalue weighted by atomic mass is 31.2. The molecule has 0 amide bonds. The van der Waals surface area contributed by atoms with Gasteiger partial charge in [0.2, 0.25) is 0 Å². The van der Waals surface area contributed by atoms with Crippen LogP contribution in [0.25, 0.3) is 0 Å². The second-order valence-electron chi connectivity index (χ2n) is 4.54. The van der Waals surface area contributed by atoms with Crippen LogP contribution in [0.4, 0.5) is 13.2 Å². The van der Waals surface area contributed by atoms with Gasteiger partial charge in [-0.05, 0) is 27.7 Å². The topological polar surface area (TPSA) is 44.8 Å². The van der Waals surface area contributed by atoms with Crippen molar-refractivity contribution >= 4 is 7.82 Å². The molecule has 0 radical (unpaired) electrons. The van der Waals surface area contributed by atoms with Crippen molar-refractivity contribution in [2.24, 2.45) is 0 Å². The van der Waals surface area contributed by atoms with Gasteiger partial charge in [-0.15, -0.1) is 0 Å². The number of phosphoric acid groups is 1. The largest absolute Gasteiger partial charge is 0.476 e. The lowest BCUT2D eigenvalue weighted by Crippen LogP contribution is -2.41. The van der Waals surface area contributed by atoms with Crippen molar-refractivity contribution in [1.29, 1.82) is 0 Å². The monoisotopic (exact) mass is 262 g/mol. The molecule has 96 valence electrons. The first kappa shape index (κ1) is 14.0. The third-order valence-electron chi connectivity index (χ3n) is 2.52. The van der Waals surface area contributed by atoms with E-state index in [-0.39, 0.29) is 0 Å². The fraction of sp³-hybridized carbons (Fsp3) is 1.00. The maximum atomic E-state index is 11.9. The van der Waals surface area contributed by atoms with Crippen LogP contribution in [0.1, 0.15) is 27.7 Å². The summed E-state index contributed by atoms with van der Waals surface area (Å²) in [6.45, 7) is 4.64. The molecular weight excluding hydrogens is 248 g/mol. The third-order valence-corrected chi connectivity index (χ3v) is 4.32. The van der Waals surface area contributed by atoms with Crippen molar-refractivity contribution in [3.63, 3.8) is 0 Å². The van der Waals surface area contributed by atoms with Crippen LogP contribution < -0.4 is 0 Å². The van der Waals surface area contributed by atoms with Crippen LogP contribution in [0, 0.1) is 0 Å². The molecule has 0 aromatic heterocycles. The molecule has 0 aromatic carbocycles. The summed E-state index contributed by atoms with van der Waals surface area (Å²) in [5, 5.41) is 0. The van der Waals surface area contributed by atoms with Gasteiger partial charge in [0.1, 0.15) is 11.2 Å². The summed E-state index contributed by atoms with van der Waals surface area (Å²) < 4.78 is 61.6. The molecule has 0 aliphatic carbocycles. The van der Waals surface area contributed by atoms with E-state index in [0.29, 0.717) is 0 Å². The van der Waals surface area contributed by atoms with Gasteiger partial charge in [-0.2, -0.15) is 13.2 Å². The molecule has 0 bridgehead atoms. The minimum Gasteiger partial charge on any atom is -0.278 e. The van der Waals surface area contributed by atoms with Gasteiger partial charge in [0.25, 0.3) is 0 Å². The SMILES string of the molecule is CC1(C)OP(=O)(OCC(F)(F)F)OC1(C)C. The molecule has 0 atom stereocenters.